The summed E-state index contributed by atoms with van der Waals surface area (Å²) in [7, 11) is 0. The largest absolute Gasteiger partial charge is 0.480 e. The number of rotatable bonds is 7. The van der Waals surface area contributed by atoms with E-state index in [1.807, 2.05) is 0 Å². The van der Waals surface area contributed by atoms with Crippen molar-refractivity contribution in [2.75, 3.05) is 6.61 Å². The number of carboxylic acids is 1. The van der Waals surface area contributed by atoms with Crippen molar-refractivity contribution in [1.29, 1.82) is 0 Å². The maximum absolute atomic E-state index is 11.9. The predicted molar refractivity (Wildman–Crippen MR) is 68.2 cm³/mol. The van der Waals surface area contributed by atoms with Crippen molar-refractivity contribution in [3.63, 3.8) is 0 Å². The number of carboxylic acid groups (broad SMARTS) is 1. The normalized spacial score (nSPS) is 11.7. The van der Waals surface area contributed by atoms with Crippen LogP contribution in [0.4, 0.5) is 0 Å². The molecule has 7 heteroatoms. The smallest absolute Gasteiger partial charge is 0.326 e. The fourth-order valence-electron chi connectivity index (χ4n) is 1.61. The number of carbonyl (C=O) groups excluding carboxylic acids is 2. The second-order valence-corrected chi connectivity index (χ2v) is 4.10. The lowest BCUT2D eigenvalue weighted by Crippen LogP contribution is -2.41. The van der Waals surface area contributed by atoms with Gasteiger partial charge in [0.2, 0.25) is 0 Å². The Bertz CT molecular complexity index is 493. The minimum atomic E-state index is -1.20. The van der Waals surface area contributed by atoms with Gasteiger partial charge >= 0.3 is 11.9 Å². The summed E-state index contributed by atoms with van der Waals surface area (Å²) in [5, 5.41) is 11.4. The minimum absolute atomic E-state index is 0.0309. The van der Waals surface area contributed by atoms with E-state index in [-0.39, 0.29) is 25.0 Å². The average Bonchev–Trinajstić information content (AvgIpc) is 2.80. The van der Waals surface area contributed by atoms with Crippen LogP contribution >= 0.6 is 0 Å². The van der Waals surface area contributed by atoms with Crippen LogP contribution < -0.4 is 5.32 Å². The highest BCUT2D eigenvalue weighted by Gasteiger charge is 2.23. The number of hydrogen-bond donors (Lipinski definition) is 2. The molecule has 1 heterocycles. The molecule has 20 heavy (non-hydrogen) atoms. The molecule has 0 aromatic carbocycles. The van der Waals surface area contributed by atoms with Gasteiger partial charge < -0.3 is 19.6 Å². The van der Waals surface area contributed by atoms with Crippen LogP contribution in [0.2, 0.25) is 0 Å². The molecule has 110 valence electrons. The number of nitrogens with one attached hydrogen (secondary N) is 1. The summed E-state index contributed by atoms with van der Waals surface area (Å²) in [5.41, 5.74) is 0.271. The first-order valence-corrected chi connectivity index (χ1v) is 6.19. The Morgan fingerprint density at radius 3 is 2.65 bits per heavy atom. The lowest BCUT2D eigenvalue weighted by atomic mass is 10.1. The van der Waals surface area contributed by atoms with Gasteiger partial charge in [-0.05, 0) is 26.3 Å². The summed E-state index contributed by atoms with van der Waals surface area (Å²) in [6, 6.07) is 0.302. The first-order chi connectivity index (χ1) is 9.45. The molecule has 1 amide bonds. The number of furan rings is 1. The van der Waals surface area contributed by atoms with Crippen LogP contribution in [0.25, 0.3) is 0 Å². The van der Waals surface area contributed by atoms with Crippen molar-refractivity contribution < 1.29 is 28.6 Å². The zero-order valence-corrected chi connectivity index (χ0v) is 11.3. The fraction of sp³-hybridized carbons (Fsp3) is 0.462. The molecule has 0 spiro atoms. The van der Waals surface area contributed by atoms with Crippen molar-refractivity contribution >= 4 is 17.8 Å². The van der Waals surface area contributed by atoms with Crippen LogP contribution in [0.3, 0.4) is 0 Å². The summed E-state index contributed by atoms with van der Waals surface area (Å²) in [5.74, 6) is -1.85. The minimum Gasteiger partial charge on any atom is -0.480 e. The fourth-order valence-corrected chi connectivity index (χ4v) is 1.61. The van der Waals surface area contributed by atoms with Crippen LogP contribution in [-0.2, 0) is 14.3 Å². The second-order valence-electron chi connectivity index (χ2n) is 4.10. The highest BCUT2D eigenvalue weighted by Crippen LogP contribution is 2.09. The van der Waals surface area contributed by atoms with Gasteiger partial charge in [-0.1, -0.05) is 0 Å². The van der Waals surface area contributed by atoms with Crippen LogP contribution in [0.15, 0.2) is 16.7 Å². The first kappa shape index (κ1) is 15.7. The maximum atomic E-state index is 11.9. The lowest BCUT2D eigenvalue weighted by molar-refractivity contribution is -0.144. The van der Waals surface area contributed by atoms with Crippen molar-refractivity contribution in [1.82, 2.24) is 5.32 Å². The number of esters is 1. The molecule has 7 nitrogen and oxygen atoms in total. The summed E-state index contributed by atoms with van der Waals surface area (Å²) >= 11 is 0. The van der Waals surface area contributed by atoms with E-state index < -0.39 is 23.9 Å². The molecule has 0 aliphatic rings. The van der Waals surface area contributed by atoms with E-state index in [0.717, 1.165) is 0 Å². The lowest BCUT2D eigenvalue weighted by Gasteiger charge is -2.13. The number of amides is 1. The Hall–Kier alpha value is -2.31. The molecule has 1 rings (SSSR count). The highest BCUT2D eigenvalue weighted by molar-refractivity contribution is 5.97. The number of hydrogen-bond acceptors (Lipinski definition) is 5. The second kappa shape index (κ2) is 7.32. The number of ether oxygens (including phenoxy) is 1. The third kappa shape index (κ3) is 4.42. The summed E-state index contributed by atoms with van der Waals surface area (Å²) < 4.78 is 9.68. The number of aliphatic carboxylic acids is 1. The van der Waals surface area contributed by atoms with E-state index in [0.29, 0.717) is 5.76 Å². The zero-order valence-electron chi connectivity index (χ0n) is 11.3. The molecule has 0 saturated heterocycles. The van der Waals surface area contributed by atoms with Gasteiger partial charge in [-0.25, -0.2) is 4.79 Å². The molecule has 0 saturated carbocycles. The summed E-state index contributed by atoms with van der Waals surface area (Å²) in [6.07, 6.45) is 1.24. The molecule has 1 aromatic rings. The zero-order chi connectivity index (χ0) is 15.1. The van der Waals surface area contributed by atoms with Gasteiger partial charge in [-0.2, -0.15) is 0 Å². The summed E-state index contributed by atoms with van der Waals surface area (Å²) in [4.78, 5) is 34.1. The molecule has 1 atom stereocenters. The molecular formula is C13H17NO6. The summed E-state index contributed by atoms with van der Waals surface area (Å²) in [6.45, 7) is 3.50. The first-order valence-electron chi connectivity index (χ1n) is 6.19. The van der Waals surface area contributed by atoms with Crippen molar-refractivity contribution in [3.05, 3.63) is 23.7 Å². The Kier molecular flexibility index (Phi) is 5.76. The topological polar surface area (TPSA) is 106 Å². The van der Waals surface area contributed by atoms with Crippen LogP contribution in [-0.4, -0.2) is 35.6 Å². The van der Waals surface area contributed by atoms with Gasteiger partial charge in [-0.15, -0.1) is 0 Å². The maximum Gasteiger partial charge on any atom is 0.326 e. The van der Waals surface area contributed by atoms with E-state index in [9.17, 15) is 14.4 Å². The quantitative estimate of drug-likeness (QED) is 0.726. The highest BCUT2D eigenvalue weighted by atomic mass is 16.5. The molecule has 1 aromatic heterocycles. The molecule has 0 fully saturated rings. The monoisotopic (exact) mass is 283 g/mol. The Balaban J connectivity index is 2.59. The predicted octanol–water partition coefficient (Wildman–Crippen LogP) is 1.11. The van der Waals surface area contributed by atoms with Gasteiger partial charge in [-0.3, -0.25) is 9.59 Å². The van der Waals surface area contributed by atoms with Crippen LogP contribution in [0.1, 0.15) is 35.9 Å². The van der Waals surface area contributed by atoms with Crippen molar-refractivity contribution in [3.8, 4) is 0 Å². The molecule has 0 aliphatic carbocycles. The number of aryl methyl sites for hydroxylation is 1. The van der Waals surface area contributed by atoms with Gasteiger partial charge in [0, 0.05) is 6.42 Å². The molecule has 2 N–H and O–H groups in total. The van der Waals surface area contributed by atoms with Gasteiger partial charge in [0.25, 0.3) is 5.91 Å². The number of carbonyl (C=O) groups is 3. The Morgan fingerprint density at radius 1 is 1.45 bits per heavy atom. The van der Waals surface area contributed by atoms with Crippen LogP contribution in [0.5, 0.6) is 0 Å². The molecular weight excluding hydrogens is 266 g/mol. The molecule has 0 radical (unpaired) electrons. The SMILES string of the molecule is CCOC(=O)CC[C@H](NC(=O)c1ccoc1C)C(=O)O. The third-order valence-corrected chi connectivity index (χ3v) is 2.65. The molecule has 0 bridgehead atoms. The third-order valence-electron chi connectivity index (χ3n) is 2.65. The van der Waals surface area contributed by atoms with Crippen LogP contribution in [0, 0.1) is 6.92 Å². The van der Waals surface area contributed by atoms with Gasteiger partial charge in [0.15, 0.2) is 0 Å². The van der Waals surface area contributed by atoms with Gasteiger partial charge in [0.05, 0.1) is 18.4 Å². The standard InChI is InChI=1S/C13H17NO6/c1-3-19-11(15)5-4-10(13(17)18)14-12(16)9-6-7-20-8(9)2/h6-7,10H,3-5H2,1-2H3,(H,14,16)(H,17,18)/t10-/m0/s1. The van der Waals surface area contributed by atoms with E-state index in [1.165, 1.54) is 12.3 Å². The van der Waals surface area contributed by atoms with E-state index in [4.69, 9.17) is 14.3 Å². The van der Waals surface area contributed by atoms with E-state index in [2.05, 4.69) is 5.32 Å². The average molecular weight is 283 g/mol. The van der Waals surface area contributed by atoms with E-state index in [1.54, 1.807) is 13.8 Å². The Morgan fingerprint density at radius 2 is 2.15 bits per heavy atom. The Labute approximate surface area is 115 Å². The molecule has 0 unspecified atom stereocenters. The van der Waals surface area contributed by atoms with Crippen molar-refractivity contribution in [2.24, 2.45) is 0 Å². The van der Waals surface area contributed by atoms with E-state index >= 15 is 0 Å². The van der Waals surface area contributed by atoms with Crippen molar-refractivity contribution in [2.45, 2.75) is 32.7 Å². The van der Waals surface area contributed by atoms with Gasteiger partial charge in [0.1, 0.15) is 11.8 Å². The molecule has 0 aliphatic heterocycles.